The fraction of sp³-hybridized carbons (Fsp3) is 0.474. The number of thiazole rings is 1. The maximum atomic E-state index is 12.5. The maximum Gasteiger partial charge on any atom is 0.273 e. The molecule has 25 heavy (non-hydrogen) atoms. The molecule has 1 aromatic carbocycles. The molecule has 0 saturated carbocycles. The molecule has 3 rings (SSSR count). The summed E-state index contributed by atoms with van der Waals surface area (Å²) in [6, 6.07) is 5.80. The van der Waals surface area contributed by atoms with Gasteiger partial charge < -0.3 is 14.4 Å². The minimum absolute atomic E-state index is 0.0299. The zero-order chi connectivity index (χ0) is 17.8. The number of hydrogen-bond acceptors (Lipinski definition) is 5. The number of likely N-dealkylation sites (tertiary alicyclic amines) is 1. The Morgan fingerprint density at radius 3 is 2.80 bits per heavy atom. The van der Waals surface area contributed by atoms with Gasteiger partial charge in [-0.15, -0.1) is 11.3 Å². The van der Waals surface area contributed by atoms with Crippen molar-refractivity contribution in [2.75, 3.05) is 20.2 Å². The molecule has 0 aliphatic carbocycles. The summed E-state index contributed by atoms with van der Waals surface area (Å²) in [5.74, 6) is 2.12. The SMILES string of the molecule is COc1cc(C)ccc1OCc1nc(C(=O)N2CCC(C)CC2)cs1. The average molecular weight is 360 g/mol. The Morgan fingerprint density at radius 1 is 1.32 bits per heavy atom. The topological polar surface area (TPSA) is 51.7 Å². The summed E-state index contributed by atoms with van der Waals surface area (Å²) in [6.45, 7) is 6.22. The lowest BCUT2D eigenvalue weighted by Crippen LogP contribution is -2.38. The summed E-state index contributed by atoms with van der Waals surface area (Å²) in [6.07, 6.45) is 2.14. The number of carbonyl (C=O) groups is 1. The standard InChI is InChI=1S/C19H24N2O3S/c1-13-6-8-21(9-7-13)19(22)15-12-25-18(20-15)11-24-16-5-4-14(2)10-17(16)23-3/h4-5,10,12-13H,6-9,11H2,1-3H3. The van der Waals surface area contributed by atoms with Gasteiger partial charge in [0.2, 0.25) is 0 Å². The second-order valence-corrected chi connectivity index (χ2v) is 7.49. The lowest BCUT2D eigenvalue weighted by molar-refractivity contribution is 0.0691. The van der Waals surface area contributed by atoms with Gasteiger partial charge in [-0.25, -0.2) is 4.98 Å². The molecule has 1 aliphatic heterocycles. The molecule has 2 heterocycles. The molecule has 6 heteroatoms. The summed E-state index contributed by atoms with van der Waals surface area (Å²) in [5, 5.41) is 2.61. The van der Waals surface area contributed by atoms with E-state index in [-0.39, 0.29) is 5.91 Å². The number of nitrogens with zero attached hydrogens (tertiary/aromatic N) is 2. The minimum atomic E-state index is 0.0299. The summed E-state index contributed by atoms with van der Waals surface area (Å²) in [7, 11) is 1.63. The summed E-state index contributed by atoms with van der Waals surface area (Å²) < 4.78 is 11.2. The van der Waals surface area contributed by atoms with E-state index >= 15 is 0 Å². The molecule has 5 nitrogen and oxygen atoms in total. The third-order valence-corrected chi connectivity index (χ3v) is 5.33. The van der Waals surface area contributed by atoms with Crippen molar-refractivity contribution in [3.05, 3.63) is 39.8 Å². The lowest BCUT2D eigenvalue weighted by Gasteiger charge is -2.29. The van der Waals surface area contributed by atoms with Crippen molar-refractivity contribution in [3.8, 4) is 11.5 Å². The number of rotatable bonds is 5. The molecule has 0 unspecified atom stereocenters. The van der Waals surface area contributed by atoms with E-state index in [0.29, 0.717) is 29.7 Å². The summed E-state index contributed by atoms with van der Waals surface area (Å²) in [5.41, 5.74) is 1.64. The zero-order valence-electron chi connectivity index (χ0n) is 14.9. The van der Waals surface area contributed by atoms with Crippen LogP contribution in [0.1, 0.15) is 40.8 Å². The normalized spacial score (nSPS) is 15.2. The van der Waals surface area contributed by atoms with Crippen LogP contribution in [-0.4, -0.2) is 36.0 Å². The Hall–Kier alpha value is -2.08. The zero-order valence-corrected chi connectivity index (χ0v) is 15.8. The third-order valence-electron chi connectivity index (χ3n) is 4.51. The Morgan fingerprint density at radius 2 is 2.08 bits per heavy atom. The van der Waals surface area contributed by atoms with Crippen LogP contribution in [0.4, 0.5) is 0 Å². The quantitative estimate of drug-likeness (QED) is 0.811. The highest BCUT2D eigenvalue weighted by molar-refractivity contribution is 7.09. The monoisotopic (exact) mass is 360 g/mol. The number of piperidine rings is 1. The highest BCUT2D eigenvalue weighted by Gasteiger charge is 2.23. The van der Waals surface area contributed by atoms with E-state index in [4.69, 9.17) is 9.47 Å². The number of aryl methyl sites for hydroxylation is 1. The van der Waals surface area contributed by atoms with Crippen molar-refractivity contribution < 1.29 is 14.3 Å². The van der Waals surface area contributed by atoms with E-state index < -0.39 is 0 Å². The van der Waals surface area contributed by atoms with Gasteiger partial charge >= 0.3 is 0 Å². The van der Waals surface area contributed by atoms with Crippen LogP contribution in [0.3, 0.4) is 0 Å². The molecule has 0 atom stereocenters. The number of amides is 1. The highest BCUT2D eigenvalue weighted by atomic mass is 32.1. The van der Waals surface area contributed by atoms with E-state index in [2.05, 4.69) is 11.9 Å². The van der Waals surface area contributed by atoms with E-state index in [1.165, 1.54) is 11.3 Å². The molecule has 0 radical (unpaired) electrons. The molecule has 1 fully saturated rings. The highest BCUT2D eigenvalue weighted by Crippen LogP contribution is 2.29. The molecule has 0 bridgehead atoms. The van der Waals surface area contributed by atoms with E-state index in [9.17, 15) is 4.79 Å². The van der Waals surface area contributed by atoms with Crippen LogP contribution in [0, 0.1) is 12.8 Å². The van der Waals surface area contributed by atoms with Gasteiger partial charge in [0.25, 0.3) is 5.91 Å². The van der Waals surface area contributed by atoms with Crippen LogP contribution < -0.4 is 9.47 Å². The van der Waals surface area contributed by atoms with Crippen LogP contribution in [0.5, 0.6) is 11.5 Å². The van der Waals surface area contributed by atoms with Crippen LogP contribution in [0.25, 0.3) is 0 Å². The average Bonchev–Trinajstić information content (AvgIpc) is 3.09. The van der Waals surface area contributed by atoms with Crippen LogP contribution in [-0.2, 0) is 6.61 Å². The van der Waals surface area contributed by atoms with Gasteiger partial charge in [0.15, 0.2) is 11.5 Å². The Balaban J connectivity index is 1.61. The molecular weight excluding hydrogens is 336 g/mol. The number of benzene rings is 1. The van der Waals surface area contributed by atoms with E-state index in [1.807, 2.05) is 35.4 Å². The first-order valence-corrected chi connectivity index (χ1v) is 9.46. The van der Waals surface area contributed by atoms with Gasteiger partial charge in [0.05, 0.1) is 7.11 Å². The molecule has 134 valence electrons. The van der Waals surface area contributed by atoms with Gasteiger partial charge in [0.1, 0.15) is 17.3 Å². The fourth-order valence-electron chi connectivity index (χ4n) is 2.88. The third kappa shape index (κ3) is 4.31. The van der Waals surface area contributed by atoms with Crippen molar-refractivity contribution >= 4 is 17.2 Å². The smallest absolute Gasteiger partial charge is 0.273 e. The number of aromatic nitrogens is 1. The molecule has 0 N–H and O–H groups in total. The predicted molar refractivity (Wildman–Crippen MR) is 98.5 cm³/mol. The van der Waals surface area contributed by atoms with E-state index in [1.54, 1.807) is 7.11 Å². The van der Waals surface area contributed by atoms with Crippen LogP contribution in [0.15, 0.2) is 23.6 Å². The first kappa shape index (κ1) is 17.7. The molecule has 1 amide bonds. The van der Waals surface area contributed by atoms with Gasteiger partial charge in [-0.2, -0.15) is 0 Å². The summed E-state index contributed by atoms with van der Waals surface area (Å²) >= 11 is 1.45. The van der Waals surface area contributed by atoms with Crippen molar-refractivity contribution in [1.82, 2.24) is 9.88 Å². The maximum absolute atomic E-state index is 12.5. The first-order chi connectivity index (χ1) is 12.1. The second kappa shape index (κ2) is 7.87. The number of carbonyl (C=O) groups excluding carboxylic acids is 1. The number of ether oxygens (including phenoxy) is 2. The van der Waals surface area contributed by atoms with Crippen molar-refractivity contribution in [2.24, 2.45) is 5.92 Å². The predicted octanol–water partition coefficient (Wildman–Crippen LogP) is 3.91. The molecule has 0 spiro atoms. The van der Waals surface area contributed by atoms with E-state index in [0.717, 1.165) is 36.5 Å². The van der Waals surface area contributed by atoms with Gasteiger partial charge in [-0.3, -0.25) is 4.79 Å². The Bertz CT molecular complexity index is 736. The fourth-order valence-corrected chi connectivity index (χ4v) is 3.56. The molecular formula is C19H24N2O3S. The van der Waals surface area contributed by atoms with Crippen molar-refractivity contribution in [3.63, 3.8) is 0 Å². The van der Waals surface area contributed by atoms with Crippen molar-refractivity contribution in [2.45, 2.75) is 33.3 Å². The van der Waals surface area contributed by atoms with Gasteiger partial charge in [-0.1, -0.05) is 13.0 Å². The van der Waals surface area contributed by atoms with Gasteiger partial charge in [-0.05, 0) is 43.4 Å². The first-order valence-electron chi connectivity index (χ1n) is 8.58. The Labute approximate surface area is 152 Å². The van der Waals surface area contributed by atoms with Crippen molar-refractivity contribution in [1.29, 1.82) is 0 Å². The molecule has 2 aromatic rings. The number of hydrogen-bond donors (Lipinski definition) is 0. The molecule has 1 saturated heterocycles. The van der Waals surface area contributed by atoms with Crippen LogP contribution >= 0.6 is 11.3 Å². The van der Waals surface area contributed by atoms with Crippen LogP contribution in [0.2, 0.25) is 0 Å². The minimum Gasteiger partial charge on any atom is -0.493 e. The largest absolute Gasteiger partial charge is 0.493 e. The Kier molecular flexibility index (Phi) is 5.58. The number of methoxy groups -OCH3 is 1. The molecule has 1 aliphatic rings. The lowest BCUT2D eigenvalue weighted by atomic mass is 9.99. The second-order valence-electron chi connectivity index (χ2n) is 6.54. The van der Waals surface area contributed by atoms with Gasteiger partial charge in [0, 0.05) is 18.5 Å². The molecule has 1 aromatic heterocycles. The summed E-state index contributed by atoms with van der Waals surface area (Å²) in [4.78, 5) is 18.9.